The molecule has 0 aliphatic carbocycles. The lowest BCUT2D eigenvalue weighted by Gasteiger charge is -2.42. The number of nitrogens with two attached hydrogens (primary N) is 1. The number of piperidine rings is 1. The standard InChI is InChI=1S/C20H24N6O3/c21-16-6-9-22-18(23-16)24-10-7-20(8-11-24)17(28)25(12-13-27)19(29)26(20)14-15-4-2-1-3-5-15/h1-6,9,27H,7-8,10-14H2,(H2,21,22,23). The Hall–Kier alpha value is -3.20. The Balaban J connectivity index is 1.60. The first-order chi connectivity index (χ1) is 14.0. The molecule has 2 aromatic rings. The summed E-state index contributed by atoms with van der Waals surface area (Å²) < 4.78 is 0. The molecule has 2 saturated heterocycles. The molecule has 3 heterocycles. The Morgan fingerprint density at radius 3 is 2.48 bits per heavy atom. The SMILES string of the molecule is Nc1ccnc(N2CCC3(CC2)C(=O)N(CCO)C(=O)N3Cc2ccccc2)n1. The van der Waals surface area contributed by atoms with Gasteiger partial charge in [0, 0.05) is 25.8 Å². The third-order valence-electron chi connectivity index (χ3n) is 5.67. The van der Waals surface area contributed by atoms with E-state index in [0.29, 0.717) is 44.2 Å². The normalized spacial score (nSPS) is 18.7. The maximum absolute atomic E-state index is 13.3. The van der Waals surface area contributed by atoms with Crippen LogP contribution in [0.2, 0.25) is 0 Å². The molecule has 3 amide bonds. The number of rotatable bonds is 5. The third-order valence-corrected chi connectivity index (χ3v) is 5.67. The lowest BCUT2D eigenvalue weighted by atomic mass is 9.85. The lowest BCUT2D eigenvalue weighted by molar-refractivity contribution is -0.134. The molecule has 9 heteroatoms. The van der Waals surface area contributed by atoms with Crippen LogP contribution in [0.4, 0.5) is 16.6 Å². The minimum absolute atomic E-state index is 0.00670. The van der Waals surface area contributed by atoms with Gasteiger partial charge in [-0.2, -0.15) is 4.98 Å². The van der Waals surface area contributed by atoms with Crippen LogP contribution in [0.3, 0.4) is 0 Å². The van der Waals surface area contributed by atoms with E-state index < -0.39 is 5.54 Å². The van der Waals surface area contributed by atoms with Gasteiger partial charge in [0.25, 0.3) is 5.91 Å². The minimum Gasteiger partial charge on any atom is -0.395 e. The Kier molecular flexibility index (Phi) is 5.06. The van der Waals surface area contributed by atoms with Crippen LogP contribution in [0.1, 0.15) is 18.4 Å². The van der Waals surface area contributed by atoms with Gasteiger partial charge in [-0.3, -0.25) is 9.69 Å². The molecule has 152 valence electrons. The first-order valence-electron chi connectivity index (χ1n) is 9.67. The maximum atomic E-state index is 13.3. The summed E-state index contributed by atoms with van der Waals surface area (Å²) in [7, 11) is 0. The molecule has 1 aromatic heterocycles. The first-order valence-corrected chi connectivity index (χ1v) is 9.67. The van der Waals surface area contributed by atoms with Crippen LogP contribution in [0, 0.1) is 0 Å². The van der Waals surface area contributed by atoms with E-state index in [9.17, 15) is 14.7 Å². The highest BCUT2D eigenvalue weighted by molar-refractivity contribution is 6.07. The zero-order chi connectivity index (χ0) is 20.4. The van der Waals surface area contributed by atoms with E-state index in [1.807, 2.05) is 35.2 Å². The second-order valence-electron chi connectivity index (χ2n) is 7.33. The number of aromatic nitrogens is 2. The molecule has 0 atom stereocenters. The molecular weight excluding hydrogens is 372 g/mol. The van der Waals surface area contributed by atoms with Gasteiger partial charge in [0.05, 0.1) is 13.2 Å². The second-order valence-corrected chi connectivity index (χ2v) is 7.33. The van der Waals surface area contributed by atoms with Crippen LogP contribution in [0.25, 0.3) is 0 Å². The Morgan fingerprint density at radius 1 is 1.10 bits per heavy atom. The number of aliphatic hydroxyl groups is 1. The van der Waals surface area contributed by atoms with Gasteiger partial charge in [-0.1, -0.05) is 30.3 Å². The van der Waals surface area contributed by atoms with Crippen molar-refractivity contribution in [3.05, 3.63) is 48.2 Å². The molecule has 2 aliphatic rings. The summed E-state index contributed by atoms with van der Waals surface area (Å²) >= 11 is 0. The molecule has 1 aromatic carbocycles. The van der Waals surface area contributed by atoms with Crippen molar-refractivity contribution >= 4 is 23.7 Å². The molecule has 0 unspecified atom stereocenters. The molecule has 0 radical (unpaired) electrons. The molecule has 4 rings (SSSR count). The average molecular weight is 396 g/mol. The summed E-state index contributed by atoms with van der Waals surface area (Å²) in [5.74, 6) is 0.682. The first kappa shape index (κ1) is 19.1. The monoisotopic (exact) mass is 396 g/mol. The molecule has 0 saturated carbocycles. The van der Waals surface area contributed by atoms with Gasteiger partial charge in [0.15, 0.2) is 0 Å². The molecule has 9 nitrogen and oxygen atoms in total. The molecule has 0 bridgehead atoms. The molecule has 1 spiro atoms. The van der Waals surface area contributed by atoms with Crippen molar-refractivity contribution in [1.29, 1.82) is 0 Å². The fraction of sp³-hybridized carbons (Fsp3) is 0.400. The van der Waals surface area contributed by atoms with E-state index in [1.165, 1.54) is 4.90 Å². The fourth-order valence-electron chi connectivity index (χ4n) is 4.14. The van der Waals surface area contributed by atoms with Crippen molar-refractivity contribution in [3.63, 3.8) is 0 Å². The number of hydrogen-bond acceptors (Lipinski definition) is 7. The summed E-state index contributed by atoms with van der Waals surface area (Å²) in [4.78, 5) is 39.7. The Bertz CT molecular complexity index is 898. The molecule has 2 fully saturated rings. The second kappa shape index (κ2) is 7.67. The number of nitrogens with zero attached hydrogens (tertiary/aromatic N) is 5. The van der Waals surface area contributed by atoms with Crippen LogP contribution < -0.4 is 10.6 Å². The number of imide groups is 1. The number of hydrogen-bond donors (Lipinski definition) is 2. The number of anilines is 2. The average Bonchev–Trinajstić information content (AvgIpc) is 2.92. The molecule has 3 N–H and O–H groups in total. The number of β-amino-alcohol motifs (C(OH)–C–C–N with tert-alkyl or cyclic N) is 1. The highest BCUT2D eigenvalue weighted by Crippen LogP contribution is 2.39. The number of carbonyl (C=O) groups is 2. The van der Waals surface area contributed by atoms with E-state index in [4.69, 9.17) is 5.73 Å². The van der Waals surface area contributed by atoms with E-state index in [0.717, 1.165) is 5.56 Å². The largest absolute Gasteiger partial charge is 0.395 e. The number of nitrogen functional groups attached to an aromatic ring is 1. The van der Waals surface area contributed by atoms with Crippen LogP contribution in [0.15, 0.2) is 42.6 Å². The van der Waals surface area contributed by atoms with Crippen molar-refractivity contribution in [2.24, 2.45) is 0 Å². The van der Waals surface area contributed by atoms with Gasteiger partial charge in [-0.25, -0.2) is 9.78 Å². The highest BCUT2D eigenvalue weighted by Gasteiger charge is 2.57. The van der Waals surface area contributed by atoms with Gasteiger partial charge < -0.3 is 20.6 Å². The number of urea groups is 1. The summed E-state index contributed by atoms with van der Waals surface area (Å²) in [5, 5.41) is 9.34. The van der Waals surface area contributed by atoms with E-state index in [-0.39, 0.29) is 25.1 Å². The number of amides is 3. The van der Waals surface area contributed by atoms with Crippen molar-refractivity contribution < 1.29 is 14.7 Å². The Labute approximate surface area is 168 Å². The van der Waals surface area contributed by atoms with Crippen molar-refractivity contribution in [1.82, 2.24) is 19.8 Å². The smallest absolute Gasteiger partial charge is 0.328 e. The molecular formula is C20H24N6O3. The predicted molar refractivity (Wildman–Crippen MR) is 107 cm³/mol. The van der Waals surface area contributed by atoms with E-state index in [2.05, 4.69) is 9.97 Å². The zero-order valence-corrected chi connectivity index (χ0v) is 16.1. The molecule has 2 aliphatic heterocycles. The van der Waals surface area contributed by atoms with E-state index in [1.54, 1.807) is 17.2 Å². The summed E-state index contributed by atoms with van der Waals surface area (Å²) in [6, 6.07) is 10.9. The van der Waals surface area contributed by atoms with Crippen molar-refractivity contribution in [3.8, 4) is 0 Å². The number of carbonyl (C=O) groups excluding carboxylic acids is 2. The van der Waals surface area contributed by atoms with Gasteiger partial charge >= 0.3 is 6.03 Å². The van der Waals surface area contributed by atoms with Gasteiger partial charge in [-0.15, -0.1) is 0 Å². The van der Waals surface area contributed by atoms with Crippen LogP contribution >= 0.6 is 0 Å². The van der Waals surface area contributed by atoms with E-state index >= 15 is 0 Å². The minimum atomic E-state index is -0.918. The fourth-order valence-corrected chi connectivity index (χ4v) is 4.14. The lowest BCUT2D eigenvalue weighted by Crippen LogP contribution is -2.56. The highest BCUT2D eigenvalue weighted by atomic mass is 16.3. The quantitative estimate of drug-likeness (QED) is 0.720. The third kappa shape index (κ3) is 3.38. The van der Waals surface area contributed by atoms with Gasteiger partial charge in [0.2, 0.25) is 5.95 Å². The number of aliphatic hydroxyl groups excluding tert-OH is 1. The maximum Gasteiger partial charge on any atom is 0.328 e. The topological polar surface area (TPSA) is 116 Å². The number of benzene rings is 1. The summed E-state index contributed by atoms with van der Waals surface area (Å²) in [6.07, 6.45) is 2.53. The Morgan fingerprint density at radius 2 is 1.83 bits per heavy atom. The molecule has 29 heavy (non-hydrogen) atoms. The summed E-state index contributed by atoms with van der Waals surface area (Å²) in [6.45, 7) is 1.16. The van der Waals surface area contributed by atoms with Crippen molar-refractivity contribution in [2.45, 2.75) is 24.9 Å². The van der Waals surface area contributed by atoms with Crippen molar-refractivity contribution in [2.75, 3.05) is 36.9 Å². The van der Waals surface area contributed by atoms with Crippen LogP contribution in [-0.2, 0) is 11.3 Å². The summed E-state index contributed by atoms with van der Waals surface area (Å²) in [5.41, 5.74) is 5.81. The van der Waals surface area contributed by atoms with Crippen LogP contribution in [-0.4, -0.2) is 68.6 Å². The van der Waals surface area contributed by atoms with Crippen LogP contribution in [0.5, 0.6) is 0 Å². The zero-order valence-electron chi connectivity index (χ0n) is 16.1. The van der Waals surface area contributed by atoms with Gasteiger partial charge in [0.1, 0.15) is 11.4 Å². The van der Waals surface area contributed by atoms with Gasteiger partial charge in [-0.05, 0) is 24.5 Å². The predicted octanol–water partition coefficient (Wildman–Crippen LogP) is 0.854.